The van der Waals surface area contributed by atoms with Crippen LogP contribution in [0.4, 0.5) is 5.69 Å². The first-order valence-electron chi connectivity index (χ1n) is 7.59. The van der Waals surface area contributed by atoms with Crippen LogP contribution in [0.1, 0.15) is 33.1 Å². The van der Waals surface area contributed by atoms with Gasteiger partial charge in [0.25, 0.3) is 0 Å². The summed E-state index contributed by atoms with van der Waals surface area (Å²) in [6.45, 7) is 5.77. The van der Waals surface area contributed by atoms with Gasteiger partial charge in [0.15, 0.2) is 0 Å². The van der Waals surface area contributed by atoms with Crippen LogP contribution < -0.4 is 10.6 Å². The van der Waals surface area contributed by atoms with Gasteiger partial charge in [-0.15, -0.1) is 0 Å². The summed E-state index contributed by atoms with van der Waals surface area (Å²) in [6, 6.07) is 11.0. The molecule has 2 rings (SSSR count). The molecule has 2 heteroatoms. The Morgan fingerprint density at radius 1 is 1.21 bits per heavy atom. The SMILES string of the molecule is CC(C)C1CCC(N)C(CN(C)c2ccccc2)C1. The third-order valence-electron chi connectivity index (χ3n) is 4.73. The van der Waals surface area contributed by atoms with E-state index in [9.17, 15) is 0 Å². The zero-order valence-electron chi connectivity index (χ0n) is 12.5. The minimum atomic E-state index is 0.376. The number of nitrogens with zero attached hydrogens (tertiary/aromatic N) is 1. The third kappa shape index (κ3) is 3.73. The van der Waals surface area contributed by atoms with Crippen molar-refractivity contribution in [1.82, 2.24) is 0 Å². The maximum Gasteiger partial charge on any atom is 0.0363 e. The lowest BCUT2D eigenvalue weighted by molar-refractivity contribution is 0.193. The Balaban J connectivity index is 1.97. The minimum Gasteiger partial charge on any atom is -0.374 e. The molecular formula is C17H28N2. The second kappa shape index (κ2) is 6.42. The summed E-state index contributed by atoms with van der Waals surface area (Å²) in [5.41, 5.74) is 7.63. The maximum atomic E-state index is 6.34. The summed E-state index contributed by atoms with van der Waals surface area (Å²) in [7, 11) is 2.18. The van der Waals surface area contributed by atoms with Crippen molar-refractivity contribution in [3.05, 3.63) is 30.3 Å². The molecule has 0 aliphatic heterocycles. The summed E-state index contributed by atoms with van der Waals surface area (Å²) in [4.78, 5) is 2.35. The molecule has 3 atom stereocenters. The van der Waals surface area contributed by atoms with E-state index in [0.717, 1.165) is 18.4 Å². The van der Waals surface area contributed by atoms with Gasteiger partial charge in [-0.1, -0.05) is 32.0 Å². The van der Waals surface area contributed by atoms with Crippen LogP contribution in [0.15, 0.2) is 30.3 Å². The second-order valence-corrected chi connectivity index (χ2v) is 6.46. The molecule has 1 saturated carbocycles. The molecular weight excluding hydrogens is 232 g/mol. The lowest BCUT2D eigenvalue weighted by Crippen LogP contribution is -2.43. The van der Waals surface area contributed by atoms with Gasteiger partial charge in [0.2, 0.25) is 0 Å². The second-order valence-electron chi connectivity index (χ2n) is 6.46. The molecule has 2 N–H and O–H groups in total. The first kappa shape index (κ1) is 14.4. The minimum absolute atomic E-state index is 0.376. The summed E-state index contributed by atoms with van der Waals surface area (Å²) >= 11 is 0. The smallest absolute Gasteiger partial charge is 0.0363 e. The van der Waals surface area contributed by atoms with Crippen LogP contribution in [0, 0.1) is 17.8 Å². The van der Waals surface area contributed by atoms with Crippen molar-refractivity contribution in [2.24, 2.45) is 23.5 Å². The van der Waals surface area contributed by atoms with Crippen LogP contribution in [0.2, 0.25) is 0 Å². The van der Waals surface area contributed by atoms with Crippen molar-refractivity contribution in [3.8, 4) is 0 Å². The fraction of sp³-hybridized carbons (Fsp3) is 0.647. The summed E-state index contributed by atoms with van der Waals surface area (Å²) in [5.74, 6) is 2.28. The molecule has 19 heavy (non-hydrogen) atoms. The van der Waals surface area contributed by atoms with Crippen LogP contribution in [-0.2, 0) is 0 Å². The molecule has 1 aromatic carbocycles. The molecule has 0 aromatic heterocycles. The molecule has 0 saturated heterocycles. The summed E-state index contributed by atoms with van der Waals surface area (Å²) < 4.78 is 0. The van der Waals surface area contributed by atoms with Gasteiger partial charge in [0.1, 0.15) is 0 Å². The quantitative estimate of drug-likeness (QED) is 0.897. The topological polar surface area (TPSA) is 29.3 Å². The maximum absolute atomic E-state index is 6.34. The Labute approximate surface area is 118 Å². The van der Waals surface area contributed by atoms with Gasteiger partial charge < -0.3 is 10.6 Å². The number of hydrogen-bond donors (Lipinski definition) is 1. The van der Waals surface area contributed by atoms with Crippen molar-refractivity contribution in [3.63, 3.8) is 0 Å². The van der Waals surface area contributed by atoms with Gasteiger partial charge >= 0.3 is 0 Å². The predicted octanol–water partition coefficient (Wildman–Crippen LogP) is 3.52. The number of benzene rings is 1. The number of para-hydroxylation sites is 1. The molecule has 0 bridgehead atoms. The van der Waals surface area contributed by atoms with Crippen LogP contribution >= 0.6 is 0 Å². The molecule has 0 heterocycles. The van der Waals surface area contributed by atoms with Gasteiger partial charge in [0.05, 0.1) is 0 Å². The van der Waals surface area contributed by atoms with Crippen molar-refractivity contribution in [2.75, 3.05) is 18.5 Å². The van der Waals surface area contributed by atoms with E-state index in [2.05, 4.69) is 56.1 Å². The lowest BCUT2D eigenvalue weighted by Gasteiger charge is -2.38. The molecule has 3 unspecified atom stereocenters. The van der Waals surface area contributed by atoms with E-state index >= 15 is 0 Å². The van der Waals surface area contributed by atoms with Crippen LogP contribution in [-0.4, -0.2) is 19.6 Å². The molecule has 0 amide bonds. The average Bonchev–Trinajstić information content (AvgIpc) is 2.42. The third-order valence-corrected chi connectivity index (χ3v) is 4.73. The van der Waals surface area contributed by atoms with Gasteiger partial charge in [-0.25, -0.2) is 0 Å². The highest BCUT2D eigenvalue weighted by Gasteiger charge is 2.30. The van der Waals surface area contributed by atoms with Crippen molar-refractivity contribution in [1.29, 1.82) is 0 Å². The van der Waals surface area contributed by atoms with Gasteiger partial charge in [-0.3, -0.25) is 0 Å². The standard InChI is InChI=1S/C17H28N2/c1-13(2)14-9-10-17(18)15(11-14)12-19(3)16-7-5-4-6-8-16/h4-8,13-15,17H,9-12,18H2,1-3H3. The van der Waals surface area contributed by atoms with E-state index in [1.54, 1.807) is 0 Å². The fourth-order valence-electron chi connectivity index (χ4n) is 3.28. The van der Waals surface area contributed by atoms with Gasteiger partial charge in [0, 0.05) is 25.3 Å². The Hall–Kier alpha value is -1.02. The number of rotatable bonds is 4. The fourth-order valence-corrected chi connectivity index (χ4v) is 3.28. The molecule has 106 valence electrons. The van der Waals surface area contributed by atoms with Crippen LogP contribution in [0.5, 0.6) is 0 Å². The van der Waals surface area contributed by atoms with E-state index in [1.165, 1.54) is 24.9 Å². The van der Waals surface area contributed by atoms with Crippen molar-refractivity contribution in [2.45, 2.75) is 39.2 Å². The monoisotopic (exact) mass is 260 g/mol. The first-order chi connectivity index (χ1) is 9.08. The highest BCUT2D eigenvalue weighted by Crippen LogP contribution is 2.33. The van der Waals surface area contributed by atoms with Crippen molar-refractivity contribution >= 4 is 5.69 Å². The van der Waals surface area contributed by atoms with Crippen LogP contribution in [0.3, 0.4) is 0 Å². The Bertz CT molecular complexity index is 374. The molecule has 0 spiro atoms. The number of nitrogens with two attached hydrogens (primary N) is 1. The van der Waals surface area contributed by atoms with Gasteiger partial charge in [-0.05, 0) is 49.1 Å². The predicted molar refractivity (Wildman–Crippen MR) is 83.4 cm³/mol. The highest BCUT2D eigenvalue weighted by molar-refractivity contribution is 5.45. The Kier molecular flexibility index (Phi) is 4.87. The zero-order valence-corrected chi connectivity index (χ0v) is 12.5. The summed E-state index contributed by atoms with van der Waals surface area (Å²) in [6.07, 6.45) is 3.79. The van der Waals surface area contributed by atoms with Crippen LogP contribution in [0.25, 0.3) is 0 Å². The summed E-state index contributed by atoms with van der Waals surface area (Å²) in [5, 5.41) is 0. The molecule has 1 aromatic rings. The first-order valence-corrected chi connectivity index (χ1v) is 7.59. The van der Waals surface area contributed by atoms with Crippen molar-refractivity contribution < 1.29 is 0 Å². The van der Waals surface area contributed by atoms with E-state index in [0.29, 0.717) is 12.0 Å². The van der Waals surface area contributed by atoms with E-state index in [4.69, 9.17) is 5.73 Å². The molecule has 1 aliphatic rings. The van der Waals surface area contributed by atoms with E-state index < -0.39 is 0 Å². The lowest BCUT2D eigenvalue weighted by atomic mass is 9.74. The normalized spacial score (nSPS) is 27.5. The highest BCUT2D eigenvalue weighted by atomic mass is 15.1. The molecule has 1 fully saturated rings. The molecule has 2 nitrogen and oxygen atoms in total. The zero-order chi connectivity index (χ0) is 13.8. The Morgan fingerprint density at radius 3 is 2.53 bits per heavy atom. The van der Waals surface area contributed by atoms with E-state index in [-0.39, 0.29) is 0 Å². The average molecular weight is 260 g/mol. The largest absolute Gasteiger partial charge is 0.374 e. The number of anilines is 1. The molecule has 0 radical (unpaired) electrons. The Morgan fingerprint density at radius 2 is 1.89 bits per heavy atom. The molecule has 1 aliphatic carbocycles. The van der Waals surface area contributed by atoms with E-state index in [1.807, 2.05) is 0 Å². The van der Waals surface area contributed by atoms with Gasteiger partial charge in [-0.2, -0.15) is 0 Å². The number of hydrogen-bond acceptors (Lipinski definition) is 2.